The van der Waals surface area contributed by atoms with E-state index in [1.807, 2.05) is 13.8 Å². The zero-order valence-corrected chi connectivity index (χ0v) is 12.9. The maximum Gasteiger partial charge on any atom is 0.257 e. The molecule has 0 saturated carbocycles. The van der Waals surface area contributed by atoms with Crippen LogP contribution in [0, 0.1) is 5.82 Å². The number of nitrogen functional groups attached to an aromatic ring is 1. The summed E-state index contributed by atoms with van der Waals surface area (Å²) in [5, 5.41) is 2.62. The Morgan fingerprint density at radius 2 is 2.00 bits per heavy atom. The number of nitrogens with one attached hydrogen (secondary N) is 1. The van der Waals surface area contributed by atoms with Crippen molar-refractivity contribution in [3.8, 4) is 5.75 Å². The topological polar surface area (TPSA) is 64.3 Å². The van der Waals surface area contributed by atoms with Gasteiger partial charge in [0, 0.05) is 11.8 Å². The molecule has 0 heterocycles. The standard InChI is InChI=1S/C16H16ClFN2O2/c1-9(2)22-15-8-14(12(18)7-11(15)17)20-16(21)10-5-3-4-6-13(10)19/h3-9H,19H2,1-2H3,(H,20,21). The summed E-state index contributed by atoms with van der Waals surface area (Å²) in [6.45, 7) is 3.64. The Kier molecular flexibility index (Phi) is 4.88. The molecule has 1 amide bonds. The lowest BCUT2D eigenvalue weighted by molar-refractivity contribution is 0.102. The molecule has 0 fully saturated rings. The fraction of sp³-hybridized carbons (Fsp3) is 0.188. The van der Waals surface area contributed by atoms with E-state index in [4.69, 9.17) is 22.1 Å². The zero-order chi connectivity index (χ0) is 16.3. The highest BCUT2D eigenvalue weighted by Crippen LogP contribution is 2.31. The molecule has 2 aromatic carbocycles. The van der Waals surface area contributed by atoms with Crippen LogP contribution in [-0.4, -0.2) is 12.0 Å². The number of amides is 1. The van der Waals surface area contributed by atoms with E-state index in [0.717, 1.165) is 6.07 Å². The van der Waals surface area contributed by atoms with E-state index in [9.17, 15) is 9.18 Å². The van der Waals surface area contributed by atoms with Gasteiger partial charge in [0.25, 0.3) is 5.91 Å². The van der Waals surface area contributed by atoms with E-state index < -0.39 is 11.7 Å². The lowest BCUT2D eigenvalue weighted by Crippen LogP contribution is -2.15. The van der Waals surface area contributed by atoms with Crippen LogP contribution in [0.25, 0.3) is 0 Å². The lowest BCUT2D eigenvalue weighted by Gasteiger charge is -2.14. The van der Waals surface area contributed by atoms with Crippen molar-refractivity contribution < 1.29 is 13.9 Å². The van der Waals surface area contributed by atoms with E-state index >= 15 is 0 Å². The average Bonchev–Trinajstić information content (AvgIpc) is 2.44. The summed E-state index contributed by atoms with van der Waals surface area (Å²) in [7, 11) is 0. The van der Waals surface area contributed by atoms with Crippen LogP contribution in [0.4, 0.5) is 15.8 Å². The van der Waals surface area contributed by atoms with Gasteiger partial charge in [-0.05, 0) is 32.0 Å². The molecule has 0 saturated heterocycles. The zero-order valence-electron chi connectivity index (χ0n) is 12.2. The molecule has 0 unspecified atom stereocenters. The molecule has 3 N–H and O–H groups in total. The van der Waals surface area contributed by atoms with E-state index in [1.54, 1.807) is 24.3 Å². The summed E-state index contributed by atoms with van der Waals surface area (Å²) in [6.07, 6.45) is -0.128. The number of ether oxygens (including phenoxy) is 1. The van der Waals surface area contributed by atoms with Crippen LogP contribution in [0.1, 0.15) is 24.2 Å². The molecule has 2 aromatic rings. The van der Waals surface area contributed by atoms with Crippen molar-refractivity contribution in [1.82, 2.24) is 0 Å². The number of para-hydroxylation sites is 1. The third-order valence-corrected chi connectivity index (χ3v) is 3.13. The summed E-state index contributed by atoms with van der Waals surface area (Å²) < 4.78 is 19.4. The van der Waals surface area contributed by atoms with Gasteiger partial charge in [-0.25, -0.2) is 4.39 Å². The van der Waals surface area contributed by atoms with Gasteiger partial charge in [-0.3, -0.25) is 4.79 Å². The number of hydrogen-bond donors (Lipinski definition) is 2. The lowest BCUT2D eigenvalue weighted by atomic mass is 10.1. The van der Waals surface area contributed by atoms with Gasteiger partial charge in [0.05, 0.1) is 22.4 Å². The van der Waals surface area contributed by atoms with Crippen LogP contribution >= 0.6 is 11.6 Å². The van der Waals surface area contributed by atoms with Crippen LogP contribution in [0.5, 0.6) is 5.75 Å². The number of anilines is 2. The molecule has 0 radical (unpaired) electrons. The van der Waals surface area contributed by atoms with Crippen molar-refractivity contribution in [3.63, 3.8) is 0 Å². The molecule has 4 nitrogen and oxygen atoms in total. The number of carbonyl (C=O) groups excluding carboxylic acids is 1. The monoisotopic (exact) mass is 322 g/mol. The Morgan fingerprint density at radius 3 is 2.64 bits per heavy atom. The molecule has 0 aliphatic rings. The molecule has 0 spiro atoms. The minimum absolute atomic E-state index is 0.0201. The fourth-order valence-electron chi connectivity index (χ4n) is 1.86. The first-order valence-corrected chi connectivity index (χ1v) is 7.08. The summed E-state index contributed by atoms with van der Waals surface area (Å²) in [4.78, 5) is 12.2. The van der Waals surface area contributed by atoms with E-state index in [1.165, 1.54) is 6.07 Å². The second-order valence-corrected chi connectivity index (χ2v) is 5.38. The minimum Gasteiger partial charge on any atom is -0.489 e. The molecule has 6 heteroatoms. The molecule has 0 aliphatic heterocycles. The predicted octanol–water partition coefficient (Wildman–Crippen LogP) is 4.10. The van der Waals surface area contributed by atoms with Crippen molar-refractivity contribution in [2.24, 2.45) is 0 Å². The van der Waals surface area contributed by atoms with Crippen LogP contribution in [-0.2, 0) is 0 Å². The maximum absolute atomic E-state index is 14.0. The van der Waals surface area contributed by atoms with E-state index in [-0.39, 0.29) is 22.4 Å². The SMILES string of the molecule is CC(C)Oc1cc(NC(=O)c2ccccc2N)c(F)cc1Cl. The van der Waals surface area contributed by atoms with E-state index in [0.29, 0.717) is 11.4 Å². The number of rotatable bonds is 4. The first-order chi connectivity index (χ1) is 10.4. The van der Waals surface area contributed by atoms with Gasteiger partial charge in [0.15, 0.2) is 0 Å². The van der Waals surface area contributed by atoms with Crippen molar-refractivity contribution in [1.29, 1.82) is 0 Å². The quantitative estimate of drug-likeness (QED) is 0.833. The Balaban J connectivity index is 2.29. The molecule has 2 rings (SSSR count). The minimum atomic E-state index is -0.649. The normalized spacial score (nSPS) is 10.6. The molecule has 0 aliphatic carbocycles. The fourth-order valence-corrected chi connectivity index (χ4v) is 2.06. The molecule has 0 atom stereocenters. The number of halogens is 2. The predicted molar refractivity (Wildman–Crippen MR) is 86.0 cm³/mol. The van der Waals surface area contributed by atoms with Crippen LogP contribution in [0.15, 0.2) is 36.4 Å². The van der Waals surface area contributed by atoms with Gasteiger partial charge in [-0.2, -0.15) is 0 Å². The Hall–Kier alpha value is -2.27. The van der Waals surface area contributed by atoms with E-state index in [2.05, 4.69) is 5.32 Å². The second-order valence-electron chi connectivity index (χ2n) is 4.97. The highest BCUT2D eigenvalue weighted by molar-refractivity contribution is 6.32. The van der Waals surface area contributed by atoms with Gasteiger partial charge < -0.3 is 15.8 Å². The van der Waals surface area contributed by atoms with Crippen molar-refractivity contribution >= 4 is 28.9 Å². The highest BCUT2D eigenvalue weighted by atomic mass is 35.5. The Labute approximate surface area is 133 Å². The Bertz CT molecular complexity index is 705. The van der Waals surface area contributed by atoms with Crippen molar-refractivity contribution in [2.75, 3.05) is 11.1 Å². The second kappa shape index (κ2) is 6.66. The summed E-state index contributed by atoms with van der Waals surface area (Å²) in [5.41, 5.74) is 6.29. The maximum atomic E-state index is 14.0. The average molecular weight is 323 g/mol. The van der Waals surface area contributed by atoms with Crippen molar-refractivity contribution in [3.05, 3.63) is 52.8 Å². The van der Waals surface area contributed by atoms with Gasteiger partial charge in [0.1, 0.15) is 11.6 Å². The van der Waals surface area contributed by atoms with Crippen LogP contribution in [0.2, 0.25) is 5.02 Å². The van der Waals surface area contributed by atoms with Gasteiger partial charge in [-0.15, -0.1) is 0 Å². The summed E-state index contributed by atoms with van der Waals surface area (Å²) in [6, 6.07) is 9.00. The molecule has 116 valence electrons. The number of benzene rings is 2. The van der Waals surface area contributed by atoms with Crippen molar-refractivity contribution in [2.45, 2.75) is 20.0 Å². The highest BCUT2D eigenvalue weighted by Gasteiger charge is 2.15. The van der Waals surface area contributed by atoms with Gasteiger partial charge in [-0.1, -0.05) is 23.7 Å². The van der Waals surface area contributed by atoms with Crippen LogP contribution in [0.3, 0.4) is 0 Å². The molecular weight excluding hydrogens is 307 g/mol. The van der Waals surface area contributed by atoms with Crippen LogP contribution < -0.4 is 15.8 Å². The summed E-state index contributed by atoms with van der Waals surface area (Å²) >= 11 is 5.93. The summed E-state index contributed by atoms with van der Waals surface area (Å²) in [5.74, 6) is -0.854. The first-order valence-electron chi connectivity index (χ1n) is 6.70. The Morgan fingerprint density at radius 1 is 1.32 bits per heavy atom. The number of nitrogens with two attached hydrogens (primary N) is 1. The number of hydrogen-bond acceptors (Lipinski definition) is 3. The number of carbonyl (C=O) groups is 1. The molecular formula is C16H16ClFN2O2. The van der Waals surface area contributed by atoms with Gasteiger partial charge in [0.2, 0.25) is 0 Å². The smallest absolute Gasteiger partial charge is 0.257 e. The third-order valence-electron chi connectivity index (χ3n) is 2.84. The molecule has 0 bridgehead atoms. The largest absolute Gasteiger partial charge is 0.489 e. The molecule has 0 aromatic heterocycles. The first kappa shape index (κ1) is 16.1. The molecule has 22 heavy (non-hydrogen) atoms. The van der Waals surface area contributed by atoms with Gasteiger partial charge >= 0.3 is 0 Å². The third kappa shape index (κ3) is 3.68.